The van der Waals surface area contributed by atoms with E-state index in [2.05, 4.69) is 5.32 Å². The van der Waals surface area contributed by atoms with Crippen LogP contribution in [0.5, 0.6) is 0 Å². The average Bonchev–Trinajstić information content (AvgIpc) is 2.98. The summed E-state index contributed by atoms with van der Waals surface area (Å²) in [6.45, 7) is 6.81. The minimum atomic E-state index is -0.840. The van der Waals surface area contributed by atoms with E-state index in [4.69, 9.17) is 0 Å². The Labute approximate surface area is 155 Å². The molecule has 0 aromatic carbocycles. The molecule has 0 radical (unpaired) electrons. The Hall–Kier alpha value is -2.69. The third-order valence-electron chi connectivity index (χ3n) is 5.87. The molecule has 146 valence electrons. The summed E-state index contributed by atoms with van der Waals surface area (Å²) in [6.07, 6.45) is -4.55. The van der Waals surface area contributed by atoms with Crippen molar-refractivity contribution in [1.29, 1.82) is 0 Å². The molecule has 6 bridgehead atoms. The van der Waals surface area contributed by atoms with Crippen LogP contribution in [0.1, 0.15) is 34.6 Å². The molecule has 0 aromatic heterocycles. The lowest BCUT2D eigenvalue weighted by Gasteiger charge is -2.53. The zero-order valence-electron chi connectivity index (χ0n) is 15.7. The first kappa shape index (κ1) is 17.7. The van der Waals surface area contributed by atoms with Gasteiger partial charge in [0, 0.05) is 34.6 Å². The molecule has 1 N–H and O–H groups in total. The Bertz CT molecular complexity index is 769. The normalized spacial score (nSPS) is 35.8. The summed E-state index contributed by atoms with van der Waals surface area (Å²) in [5.74, 6) is -1.64. The molecule has 6 atom stereocenters. The third-order valence-corrected chi connectivity index (χ3v) is 5.87. The molecule has 5 fully saturated rings. The topological polar surface area (TPSA) is 114 Å². The van der Waals surface area contributed by atoms with Crippen molar-refractivity contribution in [3.05, 3.63) is 0 Å². The number of hydrogen-bond donors (Lipinski definition) is 1. The van der Waals surface area contributed by atoms with Crippen LogP contribution in [0.25, 0.3) is 0 Å². The Balaban J connectivity index is 2.03. The van der Waals surface area contributed by atoms with Crippen LogP contribution in [0, 0.1) is 0 Å². The minimum Gasteiger partial charge on any atom is -0.299 e. The second kappa shape index (κ2) is 5.41. The van der Waals surface area contributed by atoms with Crippen LogP contribution in [0.2, 0.25) is 0 Å². The number of piperazine rings is 1. The van der Waals surface area contributed by atoms with Gasteiger partial charge in [0.05, 0.1) is 0 Å². The van der Waals surface area contributed by atoms with Gasteiger partial charge in [0.15, 0.2) is 6.17 Å². The summed E-state index contributed by atoms with van der Waals surface area (Å²) >= 11 is 0. The van der Waals surface area contributed by atoms with Gasteiger partial charge in [-0.2, -0.15) is 0 Å². The molecule has 5 heterocycles. The molecule has 0 saturated carbocycles. The van der Waals surface area contributed by atoms with Gasteiger partial charge in [-0.05, 0) is 0 Å². The lowest BCUT2D eigenvalue weighted by Crippen LogP contribution is -2.76. The fraction of sp³-hybridized carbons (Fsp3) is 0.688. The molecule has 5 saturated heterocycles. The van der Waals surface area contributed by atoms with Crippen molar-refractivity contribution in [2.24, 2.45) is 0 Å². The summed E-state index contributed by atoms with van der Waals surface area (Å²) in [6, 6.07) is 0. The van der Waals surface area contributed by atoms with Crippen LogP contribution in [0.3, 0.4) is 0 Å². The standard InChI is InChI=1S/C16H22N6O5/c1-6(23)18-12-14-21(9(4)26)15-16(22(14)10(5)27)20(8(3)25)13(18)11(17-12)19(15)7(2)24/h11-17H,1-5H3. The van der Waals surface area contributed by atoms with E-state index in [1.165, 1.54) is 59.1 Å². The van der Waals surface area contributed by atoms with Crippen molar-refractivity contribution in [2.75, 3.05) is 0 Å². The van der Waals surface area contributed by atoms with Crippen molar-refractivity contribution in [3.8, 4) is 0 Å². The van der Waals surface area contributed by atoms with Crippen molar-refractivity contribution in [2.45, 2.75) is 71.6 Å². The molecule has 0 spiro atoms. The molecule has 0 aliphatic carbocycles. The van der Waals surface area contributed by atoms with Crippen LogP contribution in [0.4, 0.5) is 0 Å². The summed E-state index contributed by atoms with van der Waals surface area (Å²) in [4.78, 5) is 70.0. The second-order valence-electron chi connectivity index (χ2n) is 7.34. The van der Waals surface area contributed by atoms with Crippen LogP contribution in [0.15, 0.2) is 0 Å². The smallest absolute Gasteiger partial charge is 0.222 e. The number of carbonyl (C=O) groups excluding carboxylic acids is 5. The molecular weight excluding hydrogens is 356 g/mol. The first-order chi connectivity index (χ1) is 12.6. The second-order valence-corrected chi connectivity index (χ2v) is 7.34. The number of rotatable bonds is 0. The summed E-state index contributed by atoms with van der Waals surface area (Å²) in [7, 11) is 0. The predicted octanol–water partition coefficient (Wildman–Crippen LogP) is -2.17. The van der Waals surface area contributed by atoms with Gasteiger partial charge in [0.2, 0.25) is 29.5 Å². The zero-order chi connectivity index (χ0) is 19.9. The summed E-state index contributed by atoms with van der Waals surface area (Å²) in [5.41, 5.74) is 0. The quantitative estimate of drug-likeness (QED) is 0.513. The Morgan fingerprint density at radius 1 is 0.481 bits per heavy atom. The van der Waals surface area contributed by atoms with E-state index in [0.29, 0.717) is 0 Å². The molecule has 11 nitrogen and oxygen atoms in total. The van der Waals surface area contributed by atoms with Crippen LogP contribution >= 0.6 is 0 Å². The highest BCUT2D eigenvalue weighted by atomic mass is 16.2. The van der Waals surface area contributed by atoms with E-state index >= 15 is 0 Å². The molecule has 27 heavy (non-hydrogen) atoms. The van der Waals surface area contributed by atoms with Crippen molar-refractivity contribution >= 4 is 29.5 Å². The number of hydrogen-bond acceptors (Lipinski definition) is 6. The number of nitrogens with one attached hydrogen (secondary N) is 1. The van der Waals surface area contributed by atoms with Crippen molar-refractivity contribution < 1.29 is 24.0 Å². The molecule has 6 unspecified atom stereocenters. The number of carbonyl (C=O) groups is 5. The maximum Gasteiger partial charge on any atom is 0.222 e. The van der Waals surface area contributed by atoms with Gasteiger partial charge in [0.25, 0.3) is 0 Å². The highest BCUT2D eigenvalue weighted by Gasteiger charge is 2.72. The van der Waals surface area contributed by atoms with Gasteiger partial charge >= 0.3 is 0 Å². The van der Waals surface area contributed by atoms with E-state index in [-0.39, 0.29) is 29.5 Å². The van der Waals surface area contributed by atoms with E-state index < -0.39 is 37.0 Å². The average molecular weight is 378 g/mol. The largest absolute Gasteiger partial charge is 0.299 e. The van der Waals surface area contributed by atoms with Gasteiger partial charge < -0.3 is 0 Å². The number of nitrogens with zero attached hydrogens (tertiary/aromatic N) is 5. The number of amides is 5. The monoisotopic (exact) mass is 378 g/mol. The molecular formula is C16H22N6O5. The highest BCUT2D eigenvalue weighted by molar-refractivity contribution is 5.86. The van der Waals surface area contributed by atoms with Crippen LogP contribution in [-0.2, 0) is 24.0 Å². The maximum absolute atomic E-state index is 12.6. The zero-order valence-corrected chi connectivity index (χ0v) is 15.7. The molecule has 5 rings (SSSR count). The third kappa shape index (κ3) is 1.97. The predicted molar refractivity (Wildman–Crippen MR) is 88.5 cm³/mol. The molecule has 5 amide bonds. The van der Waals surface area contributed by atoms with Gasteiger partial charge in [-0.15, -0.1) is 0 Å². The highest BCUT2D eigenvalue weighted by Crippen LogP contribution is 2.47. The van der Waals surface area contributed by atoms with Crippen molar-refractivity contribution in [3.63, 3.8) is 0 Å². The van der Waals surface area contributed by atoms with E-state index in [0.717, 1.165) is 0 Å². The van der Waals surface area contributed by atoms with Crippen LogP contribution in [-0.4, -0.2) is 91.0 Å². The SMILES string of the molecule is CC(=O)N1C2NC3C1N(C(C)=O)C1C(N3C(C)=O)N(C(C)=O)C2N1C(C)=O. The molecule has 5 aliphatic rings. The molecule has 5 aliphatic heterocycles. The fourth-order valence-electron chi connectivity index (χ4n) is 5.19. The van der Waals surface area contributed by atoms with Gasteiger partial charge in [-0.25, -0.2) is 0 Å². The first-order valence-electron chi connectivity index (χ1n) is 8.80. The molecule has 0 aromatic rings. The Morgan fingerprint density at radius 2 is 0.741 bits per heavy atom. The van der Waals surface area contributed by atoms with E-state index in [9.17, 15) is 24.0 Å². The summed E-state index contributed by atoms with van der Waals surface area (Å²) < 4.78 is 0. The first-order valence-corrected chi connectivity index (χ1v) is 8.80. The lowest BCUT2D eigenvalue weighted by molar-refractivity contribution is -0.182. The van der Waals surface area contributed by atoms with E-state index in [1.807, 2.05) is 0 Å². The molecule has 11 heteroatoms. The minimum absolute atomic E-state index is 0.308. The van der Waals surface area contributed by atoms with Crippen molar-refractivity contribution in [1.82, 2.24) is 29.8 Å². The lowest BCUT2D eigenvalue weighted by atomic mass is 10.1. The Kier molecular flexibility index (Phi) is 3.55. The Morgan fingerprint density at radius 3 is 1.07 bits per heavy atom. The van der Waals surface area contributed by atoms with Crippen LogP contribution < -0.4 is 5.32 Å². The van der Waals surface area contributed by atoms with Gasteiger partial charge in [-0.1, -0.05) is 0 Å². The maximum atomic E-state index is 12.6. The summed E-state index contributed by atoms with van der Waals surface area (Å²) in [5, 5.41) is 3.22. The van der Waals surface area contributed by atoms with E-state index in [1.54, 1.807) is 0 Å². The van der Waals surface area contributed by atoms with Gasteiger partial charge in [-0.3, -0.25) is 53.8 Å². The van der Waals surface area contributed by atoms with Gasteiger partial charge in [0.1, 0.15) is 30.8 Å². The fourth-order valence-corrected chi connectivity index (χ4v) is 5.19.